The maximum Gasteiger partial charge on any atom is 0.119 e. The molecule has 112 valence electrons. The number of hydrogen-bond donors (Lipinski definition) is 1. The van der Waals surface area contributed by atoms with Crippen molar-refractivity contribution in [3.05, 3.63) is 29.8 Å². The first kappa shape index (κ1) is 15.3. The summed E-state index contributed by atoms with van der Waals surface area (Å²) < 4.78 is 5.39. The van der Waals surface area contributed by atoms with E-state index >= 15 is 0 Å². The van der Waals surface area contributed by atoms with Gasteiger partial charge in [0.15, 0.2) is 0 Å². The second kappa shape index (κ2) is 7.65. The van der Waals surface area contributed by atoms with Crippen molar-refractivity contribution >= 4 is 0 Å². The highest BCUT2D eigenvalue weighted by Gasteiger charge is 2.22. The lowest BCUT2D eigenvalue weighted by Gasteiger charge is -2.35. The van der Waals surface area contributed by atoms with Crippen LogP contribution in [0.3, 0.4) is 0 Å². The summed E-state index contributed by atoms with van der Waals surface area (Å²) >= 11 is 0. The zero-order valence-corrected chi connectivity index (χ0v) is 13.1. The summed E-state index contributed by atoms with van der Waals surface area (Å²) in [6.07, 6.45) is 2.50. The van der Waals surface area contributed by atoms with Gasteiger partial charge in [-0.3, -0.25) is 4.90 Å². The Balaban J connectivity index is 2.14. The highest BCUT2D eigenvalue weighted by molar-refractivity contribution is 5.30. The Morgan fingerprint density at radius 3 is 2.60 bits per heavy atom. The van der Waals surface area contributed by atoms with E-state index in [2.05, 4.69) is 42.3 Å². The number of nitrogens with one attached hydrogen (secondary N) is 1. The van der Waals surface area contributed by atoms with Gasteiger partial charge in [-0.15, -0.1) is 0 Å². The molecular weight excluding hydrogens is 248 g/mol. The molecule has 0 spiro atoms. The third-order valence-corrected chi connectivity index (χ3v) is 4.09. The molecule has 0 amide bonds. The zero-order chi connectivity index (χ0) is 14.4. The maximum absolute atomic E-state index is 5.39. The van der Waals surface area contributed by atoms with Gasteiger partial charge in [-0.25, -0.2) is 0 Å². The van der Waals surface area contributed by atoms with Crippen LogP contribution < -0.4 is 10.1 Å². The van der Waals surface area contributed by atoms with Crippen LogP contribution in [-0.4, -0.2) is 38.2 Å². The summed E-state index contributed by atoms with van der Waals surface area (Å²) in [4.78, 5) is 2.62. The van der Waals surface area contributed by atoms with E-state index in [-0.39, 0.29) is 0 Å². The SMILES string of the molecule is COc1cccc([C@@H](CCC(C)C)N2CCNCC2)c1. The van der Waals surface area contributed by atoms with Gasteiger partial charge in [-0.05, 0) is 36.5 Å². The van der Waals surface area contributed by atoms with Crippen LogP contribution >= 0.6 is 0 Å². The van der Waals surface area contributed by atoms with Crippen molar-refractivity contribution in [3.8, 4) is 5.75 Å². The van der Waals surface area contributed by atoms with E-state index < -0.39 is 0 Å². The summed E-state index contributed by atoms with van der Waals surface area (Å²) in [5, 5.41) is 3.44. The molecule has 1 N–H and O–H groups in total. The van der Waals surface area contributed by atoms with E-state index in [9.17, 15) is 0 Å². The molecule has 0 saturated carbocycles. The summed E-state index contributed by atoms with van der Waals surface area (Å²) in [6.45, 7) is 9.09. The molecular formula is C17H28N2O. The van der Waals surface area contributed by atoms with E-state index in [1.54, 1.807) is 7.11 Å². The van der Waals surface area contributed by atoms with Crippen molar-refractivity contribution in [1.82, 2.24) is 10.2 Å². The Morgan fingerprint density at radius 1 is 1.20 bits per heavy atom. The molecule has 3 heteroatoms. The molecule has 0 aromatic heterocycles. The Labute approximate surface area is 123 Å². The third-order valence-electron chi connectivity index (χ3n) is 4.09. The molecule has 1 heterocycles. The van der Waals surface area contributed by atoms with E-state index in [4.69, 9.17) is 4.74 Å². The molecule has 0 radical (unpaired) electrons. The standard InChI is InChI=1S/C17H28N2O/c1-14(2)7-8-17(19-11-9-18-10-12-19)15-5-4-6-16(13-15)20-3/h4-6,13-14,17-18H,7-12H2,1-3H3/t17-/m1/s1. The third kappa shape index (κ3) is 4.22. The summed E-state index contributed by atoms with van der Waals surface area (Å²) in [5.41, 5.74) is 1.40. The topological polar surface area (TPSA) is 24.5 Å². The molecule has 2 rings (SSSR count). The second-order valence-corrected chi connectivity index (χ2v) is 6.05. The number of benzene rings is 1. The van der Waals surface area contributed by atoms with E-state index in [1.807, 2.05) is 6.07 Å². The van der Waals surface area contributed by atoms with Crippen LogP contribution in [0.5, 0.6) is 5.75 Å². The Kier molecular flexibility index (Phi) is 5.86. The Bertz CT molecular complexity index is 400. The van der Waals surface area contributed by atoms with Crippen molar-refractivity contribution < 1.29 is 4.74 Å². The molecule has 1 saturated heterocycles. The zero-order valence-electron chi connectivity index (χ0n) is 13.1. The predicted molar refractivity (Wildman–Crippen MR) is 84.2 cm³/mol. The quantitative estimate of drug-likeness (QED) is 0.864. The average molecular weight is 276 g/mol. The number of piperazine rings is 1. The fourth-order valence-electron chi connectivity index (χ4n) is 2.89. The van der Waals surface area contributed by atoms with Crippen molar-refractivity contribution in [2.45, 2.75) is 32.7 Å². The smallest absolute Gasteiger partial charge is 0.119 e. The van der Waals surface area contributed by atoms with E-state index in [0.717, 1.165) is 37.8 Å². The number of methoxy groups -OCH3 is 1. The van der Waals surface area contributed by atoms with E-state index in [0.29, 0.717) is 6.04 Å². The molecule has 0 aliphatic carbocycles. The van der Waals surface area contributed by atoms with Crippen molar-refractivity contribution in [1.29, 1.82) is 0 Å². The minimum Gasteiger partial charge on any atom is -0.497 e. The average Bonchev–Trinajstić information content (AvgIpc) is 2.48. The monoisotopic (exact) mass is 276 g/mol. The van der Waals surface area contributed by atoms with Gasteiger partial charge in [-0.2, -0.15) is 0 Å². The fraction of sp³-hybridized carbons (Fsp3) is 0.647. The molecule has 20 heavy (non-hydrogen) atoms. The fourth-order valence-corrected chi connectivity index (χ4v) is 2.89. The first-order valence-corrected chi connectivity index (χ1v) is 7.79. The second-order valence-electron chi connectivity index (χ2n) is 6.05. The first-order chi connectivity index (χ1) is 9.70. The molecule has 1 aliphatic rings. The number of rotatable bonds is 6. The van der Waals surface area contributed by atoms with Gasteiger partial charge in [0.25, 0.3) is 0 Å². The molecule has 1 fully saturated rings. The molecule has 1 aliphatic heterocycles. The van der Waals surface area contributed by atoms with Crippen LogP contribution in [0.4, 0.5) is 0 Å². The van der Waals surface area contributed by atoms with Crippen LogP contribution in [0.25, 0.3) is 0 Å². The van der Waals surface area contributed by atoms with Crippen LogP contribution in [0, 0.1) is 5.92 Å². The van der Waals surface area contributed by atoms with Gasteiger partial charge < -0.3 is 10.1 Å². The first-order valence-electron chi connectivity index (χ1n) is 7.79. The normalized spacial score (nSPS) is 18.2. The molecule has 0 unspecified atom stereocenters. The van der Waals surface area contributed by atoms with Gasteiger partial charge in [-0.1, -0.05) is 26.0 Å². The number of ether oxygens (including phenoxy) is 1. The molecule has 1 atom stereocenters. The van der Waals surface area contributed by atoms with Gasteiger partial charge in [0.2, 0.25) is 0 Å². The lowest BCUT2D eigenvalue weighted by Crippen LogP contribution is -2.45. The van der Waals surface area contributed by atoms with Gasteiger partial charge >= 0.3 is 0 Å². The highest BCUT2D eigenvalue weighted by atomic mass is 16.5. The molecule has 3 nitrogen and oxygen atoms in total. The summed E-state index contributed by atoms with van der Waals surface area (Å²) in [5.74, 6) is 1.72. The highest BCUT2D eigenvalue weighted by Crippen LogP contribution is 2.29. The molecule has 0 bridgehead atoms. The van der Waals surface area contributed by atoms with Crippen molar-refractivity contribution in [3.63, 3.8) is 0 Å². The lowest BCUT2D eigenvalue weighted by atomic mass is 9.95. The minimum atomic E-state index is 0.523. The minimum absolute atomic E-state index is 0.523. The largest absolute Gasteiger partial charge is 0.497 e. The van der Waals surface area contributed by atoms with Crippen LogP contribution in [0.1, 0.15) is 38.3 Å². The van der Waals surface area contributed by atoms with Crippen LogP contribution in [-0.2, 0) is 0 Å². The predicted octanol–water partition coefficient (Wildman–Crippen LogP) is 3.08. The Hall–Kier alpha value is -1.06. The van der Waals surface area contributed by atoms with Crippen LogP contribution in [0.2, 0.25) is 0 Å². The number of nitrogens with zero attached hydrogens (tertiary/aromatic N) is 1. The lowest BCUT2D eigenvalue weighted by molar-refractivity contribution is 0.159. The van der Waals surface area contributed by atoms with Crippen molar-refractivity contribution in [2.75, 3.05) is 33.3 Å². The summed E-state index contributed by atoms with van der Waals surface area (Å²) in [6, 6.07) is 9.11. The van der Waals surface area contributed by atoms with Gasteiger partial charge in [0.05, 0.1) is 7.11 Å². The number of hydrogen-bond acceptors (Lipinski definition) is 3. The van der Waals surface area contributed by atoms with E-state index in [1.165, 1.54) is 18.4 Å². The molecule has 1 aromatic carbocycles. The maximum atomic E-state index is 5.39. The summed E-state index contributed by atoms with van der Waals surface area (Å²) in [7, 11) is 1.74. The Morgan fingerprint density at radius 2 is 1.95 bits per heavy atom. The van der Waals surface area contributed by atoms with Gasteiger partial charge in [0.1, 0.15) is 5.75 Å². The van der Waals surface area contributed by atoms with Gasteiger partial charge in [0, 0.05) is 32.2 Å². The van der Waals surface area contributed by atoms with Crippen LogP contribution in [0.15, 0.2) is 24.3 Å². The molecule has 1 aromatic rings. The van der Waals surface area contributed by atoms with Crippen molar-refractivity contribution in [2.24, 2.45) is 5.92 Å².